The zero-order valence-corrected chi connectivity index (χ0v) is 13.8. The zero-order chi connectivity index (χ0) is 15.6. The predicted molar refractivity (Wildman–Crippen MR) is 82.4 cm³/mol. The van der Waals surface area contributed by atoms with Gasteiger partial charge in [0.2, 0.25) is 5.91 Å². The highest BCUT2D eigenvalue weighted by atomic mass is 32.2. The summed E-state index contributed by atoms with van der Waals surface area (Å²) in [5, 5.41) is 1.69. The predicted octanol–water partition coefficient (Wildman–Crippen LogP) is 0.611. The van der Waals surface area contributed by atoms with E-state index in [4.69, 9.17) is 5.73 Å². The maximum absolute atomic E-state index is 12.4. The number of thiophene rings is 1. The number of rotatable bonds is 5. The Morgan fingerprint density at radius 1 is 1.62 bits per heavy atom. The first kappa shape index (κ1) is 16.4. The van der Waals surface area contributed by atoms with E-state index in [-0.39, 0.29) is 16.2 Å². The van der Waals surface area contributed by atoms with Crippen molar-refractivity contribution in [2.75, 3.05) is 13.1 Å². The van der Waals surface area contributed by atoms with Gasteiger partial charge in [-0.15, -0.1) is 11.3 Å². The van der Waals surface area contributed by atoms with Crippen molar-refractivity contribution in [1.82, 2.24) is 9.62 Å². The minimum atomic E-state index is -3.63. The molecule has 3 N–H and O–H groups in total. The summed E-state index contributed by atoms with van der Waals surface area (Å²) in [5.74, 6) is 0.101. The number of nitrogens with zero attached hydrogens (tertiary/aromatic N) is 1. The Morgan fingerprint density at radius 3 is 2.86 bits per heavy atom. The van der Waals surface area contributed by atoms with Gasteiger partial charge in [0.15, 0.2) is 0 Å². The number of carbonyl (C=O) groups excluding carboxylic acids is 1. The first-order valence-electron chi connectivity index (χ1n) is 6.91. The molecule has 1 saturated heterocycles. The van der Waals surface area contributed by atoms with Crippen LogP contribution in [0.2, 0.25) is 0 Å². The first-order valence-corrected chi connectivity index (χ1v) is 9.28. The molecule has 0 aliphatic carbocycles. The molecular formula is C13H21N3O3S2. The molecular weight excluding hydrogens is 310 g/mol. The van der Waals surface area contributed by atoms with Gasteiger partial charge in [0.25, 0.3) is 10.0 Å². The molecule has 118 valence electrons. The Kier molecular flexibility index (Phi) is 5.03. The van der Waals surface area contributed by atoms with Gasteiger partial charge in [0, 0.05) is 12.6 Å². The number of carbonyl (C=O) groups is 1. The van der Waals surface area contributed by atoms with Crippen molar-refractivity contribution in [2.45, 2.75) is 36.6 Å². The number of hydrogen-bond acceptors (Lipinski definition) is 5. The van der Waals surface area contributed by atoms with Gasteiger partial charge in [-0.2, -0.15) is 4.72 Å². The number of nitrogens with two attached hydrogens (primary N) is 1. The van der Waals surface area contributed by atoms with Gasteiger partial charge >= 0.3 is 0 Å². The summed E-state index contributed by atoms with van der Waals surface area (Å²) in [6.45, 7) is 4.69. The van der Waals surface area contributed by atoms with Crippen LogP contribution in [0.5, 0.6) is 0 Å². The van der Waals surface area contributed by atoms with Crippen LogP contribution in [-0.4, -0.2) is 44.4 Å². The Labute approximate surface area is 129 Å². The summed E-state index contributed by atoms with van der Waals surface area (Å²) in [6.07, 6.45) is 0.868. The molecule has 1 aliphatic heterocycles. The summed E-state index contributed by atoms with van der Waals surface area (Å²) < 4.78 is 26.9. The van der Waals surface area contributed by atoms with Crippen LogP contribution in [-0.2, 0) is 14.8 Å². The topological polar surface area (TPSA) is 92.5 Å². The van der Waals surface area contributed by atoms with Crippen molar-refractivity contribution in [1.29, 1.82) is 0 Å². The molecule has 3 atom stereocenters. The molecule has 0 spiro atoms. The second-order valence-electron chi connectivity index (χ2n) is 5.45. The minimum Gasteiger partial charge on any atom is -0.338 e. The molecule has 2 rings (SSSR count). The second-order valence-corrected chi connectivity index (χ2v) is 8.34. The molecule has 0 saturated carbocycles. The Bertz CT molecular complexity index is 586. The fourth-order valence-corrected chi connectivity index (χ4v) is 4.83. The van der Waals surface area contributed by atoms with Crippen molar-refractivity contribution in [3.63, 3.8) is 0 Å². The maximum Gasteiger partial charge on any atom is 0.250 e. The molecule has 1 aromatic rings. The summed E-state index contributed by atoms with van der Waals surface area (Å²) in [4.78, 5) is 14.1. The van der Waals surface area contributed by atoms with Crippen LogP contribution in [0.1, 0.15) is 20.3 Å². The zero-order valence-electron chi connectivity index (χ0n) is 12.2. The monoisotopic (exact) mass is 331 g/mol. The Morgan fingerprint density at radius 2 is 2.33 bits per heavy atom. The lowest BCUT2D eigenvalue weighted by Crippen LogP contribution is -2.48. The molecule has 6 nitrogen and oxygen atoms in total. The van der Waals surface area contributed by atoms with Crippen molar-refractivity contribution in [3.05, 3.63) is 17.5 Å². The van der Waals surface area contributed by atoms with Gasteiger partial charge in [0.05, 0.1) is 6.04 Å². The third-order valence-electron chi connectivity index (χ3n) is 3.74. The maximum atomic E-state index is 12.4. The summed E-state index contributed by atoms with van der Waals surface area (Å²) in [7, 11) is -3.63. The smallest absolute Gasteiger partial charge is 0.250 e. The molecule has 0 radical (unpaired) electrons. The van der Waals surface area contributed by atoms with E-state index in [0.29, 0.717) is 19.0 Å². The van der Waals surface area contributed by atoms with E-state index in [1.807, 2.05) is 6.92 Å². The van der Waals surface area contributed by atoms with Gasteiger partial charge in [-0.1, -0.05) is 6.07 Å². The average Bonchev–Trinajstić information content (AvgIpc) is 3.06. The van der Waals surface area contributed by atoms with Crippen LogP contribution >= 0.6 is 11.3 Å². The van der Waals surface area contributed by atoms with Crippen LogP contribution in [0.15, 0.2) is 21.7 Å². The van der Waals surface area contributed by atoms with Crippen molar-refractivity contribution in [3.8, 4) is 0 Å². The standard InChI is InChI=1S/C13H21N3O3S2/c1-9-6-11(7-14)8-16(9)13(17)10(2)15-21(18,19)12-4-3-5-20-12/h3-5,9-11,15H,6-8,14H2,1-2H3. The SMILES string of the molecule is CC(NS(=O)(=O)c1cccs1)C(=O)N1CC(CN)CC1C. The normalized spacial score (nSPS) is 24.2. The van der Waals surface area contributed by atoms with E-state index in [1.54, 1.807) is 23.3 Å². The molecule has 1 aromatic heterocycles. The molecule has 1 amide bonds. The Hall–Kier alpha value is -0.960. The van der Waals surface area contributed by atoms with Crippen molar-refractivity contribution >= 4 is 27.3 Å². The number of likely N-dealkylation sites (tertiary alicyclic amines) is 1. The number of hydrogen-bond donors (Lipinski definition) is 2. The Balaban J connectivity index is 2.04. The molecule has 1 aliphatic rings. The lowest BCUT2D eigenvalue weighted by atomic mass is 10.1. The lowest BCUT2D eigenvalue weighted by Gasteiger charge is -2.25. The third-order valence-corrected chi connectivity index (χ3v) is 6.68. The molecule has 21 heavy (non-hydrogen) atoms. The second kappa shape index (κ2) is 6.43. The van der Waals surface area contributed by atoms with E-state index in [1.165, 1.54) is 6.07 Å². The van der Waals surface area contributed by atoms with E-state index < -0.39 is 16.1 Å². The van der Waals surface area contributed by atoms with Gasteiger partial charge in [-0.05, 0) is 44.2 Å². The van der Waals surface area contributed by atoms with Crippen LogP contribution in [0.25, 0.3) is 0 Å². The van der Waals surface area contributed by atoms with Crippen LogP contribution in [0.4, 0.5) is 0 Å². The first-order chi connectivity index (χ1) is 9.85. The van der Waals surface area contributed by atoms with E-state index in [2.05, 4.69) is 4.72 Å². The highest BCUT2D eigenvalue weighted by molar-refractivity contribution is 7.91. The molecule has 0 bridgehead atoms. The fourth-order valence-electron chi connectivity index (χ4n) is 2.63. The van der Waals surface area contributed by atoms with Gasteiger partial charge in [-0.25, -0.2) is 8.42 Å². The minimum absolute atomic E-state index is 0.0970. The summed E-state index contributed by atoms with van der Waals surface area (Å²) in [5.41, 5.74) is 5.65. The van der Waals surface area contributed by atoms with Crippen LogP contribution < -0.4 is 10.5 Å². The van der Waals surface area contributed by atoms with Gasteiger partial charge in [0.1, 0.15) is 4.21 Å². The number of amides is 1. The van der Waals surface area contributed by atoms with Crippen LogP contribution in [0.3, 0.4) is 0 Å². The molecule has 8 heteroatoms. The third kappa shape index (κ3) is 3.63. The number of nitrogens with one attached hydrogen (secondary N) is 1. The summed E-state index contributed by atoms with van der Waals surface area (Å²) in [6, 6.07) is 2.50. The highest BCUT2D eigenvalue weighted by Gasteiger charge is 2.35. The van der Waals surface area contributed by atoms with Crippen molar-refractivity contribution in [2.24, 2.45) is 11.7 Å². The molecule has 0 aromatic carbocycles. The largest absolute Gasteiger partial charge is 0.338 e. The van der Waals surface area contributed by atoms with Gasteiger partial charge in [-0.3, -0.25) is 4.79 Å². The highest BCUT2D eigenvalue weighted by Crippen LogP contribution is 2.23. The van der Waals surface area contributed by atoms with E-state index in [0.717, 1.165) is 17.8 Å². The molecule has 1 fully saturated rings. The summed E-state index contributed by atoms with van der Waals surface area (Å²) >= 11 is 1.13. The molecule has 2 heterocycles. The lowest BCUT2D eigenvalue weighted by molar-refractivity contribution is -0.133. The van der Waals surface area contributed by atoms with Crippen LogP contribution in [0, 0.1) is 5.92 Å². The quantitative estimate of drug-likeness (QED) is 0.827. The van der Waals surface area contributed by atoms with E-state index >= 15 is 0 Å². The average molecular weight is 331 g/mol. The van der Waals surface area contributed by atoms with E-state index in [9.17, 15) is 13.2 Å². The molecule has 3 unspecified atom stereocenters. The fraction of sp³-hybridized carbons (Fsp3) is 0.615. The van der Waals surface area contributed by atoms with Crippen molar-refractivity contribution < 1.29 is 13.2 Å². The van der Waals surface area contributed by atoms with Gasteiger partial charge < -0.3 is 10.6 Å². The number of sulfonamides is 1.